The van der Waals surface area contributed by atoms with Gasteiger partial charge in [-0.15, -0.1) is 24.0 Å². The Bertz CT molecular complexity index is 365. The van der Waals surface area contributed by atoms with Crippen LogP contribution in [-0.4, -0.2) is 87.4 Å². The summed E-state index contributed by atoms with van der Waals surface area (Å²) in [6.07, 6.45) is 0.235. The van der Waals surface area contributed by atoms with Crippen LogP contribution in [0.2, 0.25) is 0 Å². The maximum atomic E-state index is 5.88. The van der Waals surface area contributed by atoms with E-state index in [2.05, 4.69) is 60.0 Å². The zero-order valence-corrected chi connectivity index (χ0v) is 19.4. The molecule has 0 aromatic carbocycles. The topological polar surface area (TPSA) is 52.1 Å². The van der Waals surface area contributed by atoms with Gasteiger partial charge in [0.25, 0.3) is 0 Å². The maximum absolute atomic E-state index is 5.88. The highest BCUT2D eigenvalue weighted by molar-refractivity contribution is 14.0. The standard InChI is InChI=1S/C18H39N5O.HI/c1-7-23(16(4)5)9-8-20-18(19-6)21-12-17-14-22(10-11-24-17)13-15(2)3;/h15-17H,7-14H2,1-6H3,(H2,19,20,21);1H. The minimum absolute atomic E-state index is 0. The van der Waals surface area contributed by atoms with E-state index in [9.17, 15) is 0 Å². The first-order chi connectivity index (χ1) is 11.5. The molecule has 1 rings (SSSR count). The fraction of sp³-hybridized carbons (Fsp3) is 0.944. The van der Waals surface area contributed by atoms with Gasteiger partial charge in [0.2, 0.25) is 0 Å². The van der Waals surface area contributed by atoms with E-state index in [-0.39, 0.29) is 30.1 Å². The van der Waals surface area contributed by atoms with Gasteiger partial charge in [0, 0.05) is 52.4 Å². The first kappa shape index (κ1) is 24.9. The Morgan fingerprint density at radius 2 is 2.00 bits per heavy atom. The Balaban J connectivity index is 0.00000576. The number of likely N-dealkylation sites (N-methyl/N-ethyl adjacent to an activating group) is 1. The molecule has 7 heteroatoms. The zero-order valence-electron chi connectivity index (χ0n) is 17.0. The quantitative estimate of drug-likeness (QED) is 0.307. The third-order valence-electron chi connectivity index (χ3n) is 4.39. The van der Waals surface area contributed by atoms with Crippen molar-refractivity contribution in [2.45, 2.75) is 46.8 Å². The lowest BCUT2D eigenvalue weighted by Gasteiger charge is -2.34. The second-order valence-corrected chi connectivity index (χ2v) is 7.25. The molecule has 25 heavy (non-hydrogen) atoms. The van der Waals surface area contributed by atoms with E-state index in [1.54, 1.807) is 0 Å². The van der Waals surface area contributed by atoms with E-state index in [1.165, 1.54) is 0 Å². The Hall–Kier alpha value is -0.120. The smallest absolute Gasteiger partial charge is 0.191 e. The summed E-state index contributed by atoms with van der Waals surface area (Å²) < 4.78 is 5.88. The molecule has 1 heterocycles. The summed E-state index contributed by atoms with van der Waals surface area (Å²) in [5, 5.41) is 6.80. The Morgan fingerprint density at radius 3 is 2.56 bits per heavy atom. The number of nitrogens with one attached hydrogen (secondary N) is 2. The molecule has 1 fully saturated rings. The molecule has 1 aliphatic heterocycles. The van der Waals surface area contributed by atoms with Crippen LogP contribution in [0.1, 0.15) is 34.6 Å². The van der Waals surface area contributed by atoms with Crippen molar-refractivity contribution in [3.8, 4) is 0 Å². The molecule has 0 radical (unpaired) electrons. The third-order valence-corrected chi connectivity index (χ3v) is 4.39. The number of ether oxygens (including phenoxy) is 1. The first-order valence-electron chi connectivity index (χ1n) is 9.48. The van der Waals surface area contributed by atoms with Gasteiger partial charge in [0.15, 0.2) is 5.96 Å². The number of rotatable bonds is 9. The molecule has 0 amide bonds. The molecule has 1 saturated heterocycles. The van der Waals surface area contributed by atoms with Crippen molar-refractivity contribution in [1.29, 1.82) is 0 Å². The molecule has 1 aliphatic rings. The van der Waals surface area contributed by atoms with Gasteiger partial charge in [-0.2, -0.15) is 0 Å². The van der Waals surface area contributed by atoms with Crippen LogP contribution in [0.4, 0.5) is 0 Å². The number of hydrogen-bond acceptors (Lipinski definition) is 4. The lowest BCUT2D eigenvalue weighted by atomic mass is 10.2. The Labute approximate surface area is 172 Å². The Morgan fingerprint density at radius 1 is 1.28 bits per heavy atom. The summed E-state index contributed by atoms with van der Waals surface area (Å²) in [5.41, 5.74) is 0. The molecular weight excluding hydrogens is 429 g/mol. The SMILES string of the molecule is CCN(CCNC(=NC)NCC1CN(CC(C)C)CCO1)C(C)C.I. The predicted molar refractivity (Wildman–Crippen MR) is 118 cm³/mol. The molecule has 6 nitrogen and oxygen atoms in total. The zero-order chi connectivity index (χ0) is 17.9. The van der Waals surface area contributed by atoms with Crippen molar-refractivity contribution < 1.29 is 4.74 Å². The molecule has 0 aromatic heterocycles. The van der Waals surface area contributed by atoms with Gasteiger partial charge in [0.1, 0.15) is 0 Å². The van der Waals surface area contributed by atoms with E-state index >= 15 is 0 Å². The molecule has 150 valence electrons. The maximum Gasteiger partial charge on any atom is 0.191 e. The monoisotopic (exact) mass is 469 g/mol. The second kappa shape index (κ2) is 14.0. The van der Waals surface area contributed by atoms with E-state index in [4.69, 9.17) is 4.74 Å². The fourth-order valence-electron chi connectivity index (χ4n) is 3.12. The summed E-state index contributed by atoms with van der Waals surface area (Å²) in [7, 11) is 1.82. The van der Waals surface area contributed by atoms with Crippen LogP contribution >= 0.6 is 24.0 Å². The minimum atomic E-state index is 0. The highest BCUT2D eigenvalue weighted by Crippen LogP contribution is 2.07. The molecule has 0 aromatic rings. The number of halogens is 1. The van der Waals surface area contributed by atoms with Crippen molar-refractivity contribution in [2.24, 2.45) is 10.9 Å². The summed E-state index contributed by atoms with van der Waals surface area (Å²) in [6, 6.07) is 0.578. The third kappa shape index (κ3) is 10.6. The van der Waals surface area contributed by atoms with E-state index in [1.807, 2.05) is 7.05 Å². The van der Waals surface area contributed by atoms with Gasteiger partial charge in [0.05, 0.1) is 12.7 Å². The molecule has 0 saturated carbocycles. The molecule has 1 unspecified atom stereocenters. The van der Waals surface area contributed by atoms with Crippen LogP contribution in [-0.2, 0) is 4.74 Å². The van der Waals surface area contributed by atoms with Crippen LogP contribution in [0.3, 0.4) is 0 Å². The largest absolute Gasteiger partial charge is 0.374 e. The lowest BCUT2D eigenvalue weighted by Crippen LogP contribution is -2.50. The average molecular weight is 469 g/mol. The molecule has 2 N–H and O–H groups in total. The van der Waals surface area contributed by atoms with Gasteiger partial charge in [-0.25, -0.2) is 0 Å². The van der Waals surface area contributed by atoms with Crippen LogP contribution in [0.5, 0.6) is 0 Å². The highest BCUT2D eigenvalue weighted by atomic mass is 127. The lowest BCUT2D eigenvalue weighted by molar-refractivity contribution is -0.0284. The second-order valence-electron chi connectivity index (χ2n) is 7.25. The molecule has 0 spiro atoms. The average Bonchev–Trinajstić information content (AvgIpc) is 2.53. The van der Waals surface area contributed by atoms with Crippen molar-refractivity contribution in [1.82, 2.24) is 20.4 Å². The van der Waals surface area contributed by atoms with Crippen LogP contribution in [0.25, 0.3) is 0 Å². The minimum Gasteiger partial charge on any atom is -0.374 e. The molecule has 0 bridgehead atoms. The fourth-order valence-corrected chi connectivity index (χ4v) is 3.12. The summed E-state index contributed by atoms with van der Waals surface area (Å²) in [6.45, 7) is 19.0. The van der Waals surface area contributed by atoms with Crippen molar-refractivity contribution in [3.63, 3.8) is 0 Å². The van der Waals surface area contributed by atoms with Gasteiger partial charge in [-0.3, -0.25) is 14.8 Å². The predicted octanol–water partition coefficient (Wildman–Crippen LogP) is 1.86. The van der Waals surface area contributed by atoms with Crippen LogP contribution < -0.4 is 10.6 Å². The number of morpholine rings is 1. The van der Waals surface area contributed by atoms with Gasteiger partial charge in [-0.1, -0.05) is 20.8 Å². The summed E-state index contributed by atoms with van der Waals surface area (Å²) >= 11 is 0. The number of aliphatic imine (C=N–C) groups is 1. The molecular formula is C18H40IN5O. The normalized spacial score (nSPS) is 19.4. The highest BCUT2D eigenvalue weighted by Gasteiger charge is 2.21. The Kier molecular flexibility index (Phi) is 13.9. The van der Waals surface area contributed by atoms with Crippen molar-refractivity contribution >= 4 is 29.9 Å². The number of guanidine groups is 1. The van der Waals surface area contributed by atoms with Crippen LogP contribution in [0.15, 0.2) is 4.99 Å². The van der Waals surface area contributed by atoms with Crippen molar-refractivity contribution in [2.75, 3.05) is 59.5 Å². The van der Waals surface area contributed by atoms with Gasteiger partial charge >= 0.3 is 0 Å². The number of nitrogens with zero attached hydrogens (tertiary/aromatic N) is 3. The molecule has 1 atom stereocenters. The van der Waals surface area contributed by atoms with Crippen LogP contribution in [0, 0.1) is 5.92 Å². The van der Waals surface area contributed by atoms with Gasteiger partial charge < -0.3 is 15.4 Å². The van der Waals surface area contributed by atoms with E-state index in [0.29, 0.717) is 12.0 Å². The molecule has 0 aliphatic carbocycles. The van der Waals surface area contributed by atoms with Crippen molar-refractivity contribution in [3.05, 3.63) is 0 Å². The first-order valence-corrected chi connectivity index (χ1v) is 9.48. The van der Waals surface area contributed by atoms with E-state index in [0.717, 1.165) is 58.4 Å². The van der Waals surface area contributed by atoms with E-state index < -0.39 is 0 Å². The number of hydrogen-bond donors (Lipinski definition) is 2. The summed E-state index contributed by atoms with van der Waals surface area (Å²) in [5.74, 6) is 1.56. The summed E-state index contributed by atoms with van der Waals surface area (Å²) in [4.78, 5) is 9.25. The van der Waals surface area contributed by atoms with Gasteiger partial charge in [-0.05, 0) is 26.3 Å².